The first-order chi connectivity index (χ1) is 12.9. The Kier molecular flexibility index (Phi) is 7.11. The highest BCUT2D eigenvalue weighted by Gasteiger charge is 2.11. The summed E-state index contributed by atoms with van der Waals surface area (Å²) in [5.74, 6) is -0.227. The lowest BCUT2D eigenvalue weighted by Gasteiger charge is -2.09. The maximum Gasteiger partial charge on any atom is 0.344 e. The van der Waals surface area contributed by atoms with Crippen LogP contribution >= 0.6 is 0 Å². The minimum Gasteiger partial charge on any atom is -0.482 e. The molecule has 0 aliphatic heterocycles. The first-order valence-electron chi connectivity index (χ1n) is 8.55. The topological polar surface area (TPSA) is 74.2 Å². The quantitative estimate of drug-likeness (QED) is 0.547. The maximum atomic E-state index is 11.7. The van der Waals surface area contributed by atoms with Crippen molar-refractivity contribution in [1.29, 1.82) is 0 Å². The third-order valence-electron chi connectivity index (χ3n) is 3.67. The molecule has 0 amide bonds. The van der Waals surface area contributed by atoms with Gasteiger partial charge in [0.15, 0.2) is 6.61 Å². The van der Waals surface area contributed by atoms with Gasteiger partial charge in [-0.3, -0.25) is 4.99 Å². The number of esters is 2. The van der Waals surface area contributed by atoms with Gasteiger partial charge in [0.05, 0.1) is 24.5 Å². The molecular weight excluding hydrogens is 346 g/mol. The second-order valence-corrected chi connectivity index (χ2v) is 6.10. The van der Waals surface area contributed by atoms with Crippen LogP contribution in [0.5, 0.6) is 5.75 Å². The van der Waals surface area contributed by atoms with Crippen LogP contribution < -0.4 is 4.74 Å². The fourth-order valence-corrected chi connectivity index (χ4v) is 2.33. The van der Waals surface area contributed by atoms with Gasteiger partial charge in [-0.2, -0.15) is 0 Å². The van der Waals surface area contributed by atoms with Crippen molar-refractivity contribution in [1.82, 2.24) is 0 Å². The van der Waals surface area contributed by atoms with E-state index in [1.54, 1.807) is 44.3 Å². The molecule has 0 aliphatic rings. The Morgan fingerprint density at radius 1 is 1.11 bits per heavy atom. The standard InChI is InChI=1S/C21H23NO5/c1-14(2)27-20(23)13-26-17-10-8-16(9-11-17)12-22-19-7-5-6-18(15(19)3)21(24)25-4/h5-12,14H,13H2,1-4H3. The lowest BCUT2D eigenvalue weighted by atomic mass is 10.1. The Morgan fingerprint density at radius 2 is 1.81 bits per heavy atom. The first kappa shape index (κ1) is 20.2. The van der Waals surface area contributed by atoms with Gasteiger partial charge < -0.3 is 14.2 Å². The summed E-state index contributed by atoms with van der Waals surface area (Å²) >= 11 is 0. The summed E-state index contributed by atoms with van der Waals surface area (Å²) < 4.78 is 15.2. The Labute approximate surface area is 158 Å². The molecule has 0 aromatic heterocycles. The monoisotopic (exact) mass is 369 g/mol. The molecule has 2 rings (SSSR count). The molecule has 0 atom stereocenters. The van der Waals surface area contributed by atoms with Crippen LogP contribution in [0.1, 0.15) is 35.3 Å². The molecule has 0 radical (unpaired) electrons. The van der Waals surface area contributed by atoms with E-state index in [4.69, 9.17) is 14.2 Å². The summed E-state index contributed by atoms with van der Waals surface area (Å²) in [7, 11) is 1.35. The largest absolute Gasteiger partial charge is 0.482 e. The van der Waals surface area contributed by atoms with Gasteiger partial charge >= 0.3 is 11.9 Å². The van der Waals surface area contributed by atoms with Crippen molar-refractivity contribution in [2.24, 2.45) is 4.99 Å². The third kappa shape index (κ3) is 5.95. The average molecular weight is 369 g/mol. The fraction of sp³-hybridized carbons (Fsp3) is 0.286. The second-order valence-electron chi connectivity index (χ2n) is 6.10. The molecular formula is C21H23NO5. The van der Waals surface area contributed by atoms with Gasteiger partial charge in [0, 0.05) is 6.21 Å². The average Bonchev–Trinajstić information content (AvgIpc) is 2.65. The Morgan fingerprint density at radius 3 is 2.44 bits per heavy atom. The van der Waals surface area contributed by atoms with Crippen molar-refractivity contribution >= 4 is 23.8 Å². The van der Waals surface area contributed by atoms with Gasteiger partial charge in [-0.05, 0) is 68.3 Å². The molecule has 2 aromatic carbocycles. The molecule has 0 N–H and O–H groups in total. The molecule has 0 bridgehead atoms. The Balaban J connectivity index is 2.02. The zero-order valence-electron chi connectivity index (χ0n) is 15.9. The molecule has 142 valence electrons. The van der Waals surface area contributed by atoms with Crippen molar-refractivity contribution < 1.29 is 23.8 Å². The van der Waals surface area contributed by atoms with E-state index in [0.29, 0.717) is 17.0 Å². The summed E-state index contributed by atoms with van der Waals surface area (Å²) in [5, 5.41) is 0. The molecule has 0 saturated heterocycles. The second kappa shape index (κ2) is 9.52. The molecule has 2 aromatic rings. The minimum atomic E-state index is -0.406. The summed E-state index contributed by atoms with van der Waals surface area (Å²) in [6.07, 6.45) is 1.53. The van der Waals surface area contributed by atoms with E-state index in [-0.39, 0.29) is 18.7 Å². The number of rotatable bonds is 7. The van der Waals surface area contributed by atoms with Gasteiger partial charge in [-0.15, -0.1) is 0 Å². The van der Waals surface area contributed by atoms with Crippen molar-refractivity contribution in [3.05, 3.63) is 59.2 Å². The highest BCUT2D eigenvalue weighted by atomic mass is 16.6. The number of carbonyl (C=O) groups is 2. The summed E-state index contributed by atoms with van der Waals surface area (Å²) in [6.45, 7) is 5.26. The molecule has 27 heavy (non-hydrogen) atoms. The zero-order valence-corrected chi connectivity index (χ0v) is 15.9. The predicted octanol–water partition coefficient (Wildman–Crippen LogP) is 3.86. The SMILES string of the molecule is COC(=O)c1cccc(N=Cc2ccc(OCC(=O)OC(C)C)cc2)c1C. The molecule has 6 heteroatoms. The summed E-state index contributed by atoms with van der Waals surface area (Å²) in [4.78, 5) is 27.7. The Hall–Kier alpha value is -3.15. The van der Waals surface area contributed by atoms with Crippen LogP contribution in [0.2, 0.25) is 0 Å². The normalized spacial score (nSPS) is 10.9. The third-order valence-corrected chi connectivity index (χ3v) is 3.67. The smallest absolute Gasteiger partial charge is 0.344 e. The summed E-state index contributed by atoms with van der Waals surface area (Å²) in [6, 6.07) is 12.5. The number of ether oxygens (including phenoxy) is 3. The van der Waals surface area contributed by atoms with Gasteiger partial charge in [0.2, 0.25) is 0 Å². The van der Waals surface area contributed by atoms with Crippen LogP contribution in [-0.2, 0) is 14.3 Å². The van der Waals surface area contributed by atoms with Crippen LogP contribution in [-0.4, -0.2) is 38.0 Å². The van der Waals surface area contributed by atoms with Gasteiger partial charge in [-0.25, -0.2) is 9.59 Å². The van der Waals surface area contributed by atoms with Gasteiger partial charge in [0.1, 0.15) is 5.75 Å². The molecule has 0 fully saturated rings. The zero-order chi connectivity index (χ0) is 19.8. The number of methoxy groups -OCH3 is 1. The van der Waals surface area contributed by atoms with Crippen molar-refractivity contribution in [3.63, 3.8) is 0 Å². The number of benzene rings is 2. The minimum absolute atomic E-state index is 0.134. The van der Waals surface area contributed by atoms with Crippen LogP contribution in [0.15, 0.2) is 47.5 Å². The molecule has 0 spiro atoms. The number of hydrogen-bond acceptors (Lipinski definition) is 6. The highest BCUT2D eigenvalue weighted by Crippen LogP contribution is 2.22. The summed E-state index contributed by atoms with van der Waals surface area (Å²) in [5.41, 5.74) is 2.79. The van der Waals surface area contributed by atoms with Crippen molar-refractivity contribution in [2.75, 3.05) is 13.7 Å². The number of aliphatic imine (C=N–C) groups is 1. The van der Waals surface area contributed by atoms with E-state index in [2.05, 4.69) is 4.99 Å². The predicted molar refractivity (Wildman–Crippen MR) is 103 cm³/mol. The number of nitrogens with zero attached hydrogens (tertiary/aromatic N) is 1. The fourth-order valence-electron chi connectivity index (χ4n) is 2.33. The van der Waals surface area contributed by atoms with E-state index in [0.717, 1.165) is 11.1 Å². The maximum absolute atomic E-state index is 11.7. The molecule has 6 nitrogen and oxygen atoms in total. The van der Waals surface area contributed by atoms with E-state index >= 15 is 0 Å². The molecule has 0 unspecified atom stereocenters. The number of hydrogen-bond donors (Lipinski definition) is 0. The van der Waals surface area contributed by atoms with Crippen LogP contribution in [0.3, 0.4) is 0 Å². The molecule has 0 saturated carbocycles. The van der Waals surface area contributed by atoms with Gasteiger partial charge in [0.25, 0.3) is 0 Å². The van der Waals surface area contributed by atoms with Crippen LogP contribution in [0, 0.1) is 6.92 Å². The lowest BCUT2D eigenvalue weighted by molar-refractivity contribution is -0.149. The van der Waals surface area contributed by atoms with Crippen molar-refractivity contribution in [2.45, 2.75) is 26.9 Å². The van der Waals surface area contributed by atoms with E-state index in [1.165, 1.54) is 7.11 Å². The van der Waals surface area contributed by atoms with Crippen LogP contribution in [0.25, 0.3) is 0 Å². The highest BCUT2D eigenvalue weighted by molar-refractivity contribution is 5.93. The van der Waals surface area contributed by atoms with Crippen molar-refractivity contribution in [3.8, 4) is 5.75 Å². The van der Waals surface area contributed by atoms with E-state index in [9.17, 15) is 9.59 Å². The Bertz CT molecular complexity index is 825. The molecule has 0 aliphatic carbocycles. The lowest BCUT2D eigenvalue weighted by Crippen LogP contribution is -2.18. The van der Waals surface area contributed by atoms with E-state index < -0.39 is 5.97 Å². The molecule has 0 heterocycles. The van der Waals surface area contributed by atoms with Crippen LogP contribution in [0.4, 0.5) is 5.69 Å². The first-order valence-corrected chi connectivity index (χ1v) is 8.55. The van der Waals surface area contributed by atoms with E-state index in [1.807, 2.05) is 25.1 Å². The van der Waals surface area contributed by atoms with Gasteiger partial charge in [-0.1, -0.05) is 6.07 Å². The number of carbonyl (C=O) groups excluding carboxylic acids is 2.